The Bertz CT molecular complexity index is 30.7. The molecule has 0 rings (SSSR count). The average Bonchev–Trinajstić information content (AvgIpc) is 1.35. The van der Waals surface area contributed by atoms with Crippen LogP contribution < -0.4 is 0 Å². The van der Waals surface area contributed by atoms with Gasteiger partial charge in [0.15, 0.2) is 7.12 Å². The summed E-state index contributed by atoms with van der Waals surface area (Å²) in [7, 11) is 5.83. The van der Waals surface area contributed by atoms with E-state index in [0.717, 1.165) is 5.99 Å². The van der Waals surface area contributed by atoms with Crippen molar-refractivity contribution in [2.24, 2.45) is 0 Å². The average molecular weight is 118 g/mol. The fourth-order valence-electron chi connectivity index (χ4n) is 0.192. The van der Waals surface area contributed by atoms with Crippen molar-refractivity contribution in [2.45, 2.75) is 13.6 Å². The molecule has 0 aromatic carbocycles. The highest BCUT2D eigenvalue weighted by Crippen LogP contribution is 2.18. The van der Waals surface area contributed by atoms with E-state index in [1.807, 2.05) is 21.3 Å². The number of hydrogen-bond acceptors (Lipinski definition) is 2. The first-order chi connectivity index (χ1) is 2.77. The first-order valence-corrected chi connectivity index (χ1v) is 4.59. The molecule has 34 valence electrons. The molecule has 0 aliphatic rings. The highest BCUT2D eigenvalue weighted by atomic mass is 33.1. The number of rotatable bonds is 2. The lowest BCUT2D eigenvalue weighted by Gasteiger charge is -1.91. The predicted molar refractivity (Wildman–Crippen MR) is 41.2 cm³/mol. The molecule has 0 aromatic rings. The van der Waals surface area contributed by atoms with E-state index >= 15 is 0 Å². The molecule has 0 saturated carbocycles. The molecule has 0 atom stereocenters. The van der Waals surface area contributed by atoms with E-state index in [-0.39, 0.29) is 0 Å². The molecule has 0 radical (unpaired) electrons. The van der Waals surface area contributed by atoms with Crippen LogP contribution in [0.3, 0.4) is 0 Å². The molecule has 0 bridgehead atoms. The lowest BCUT2D eigenvalue weighted by molar-refractivity contribution is 2.11. The van der Waals surface area contributed by atoms with Gasteiger partial charge in [-0.25, -0.2) is 0 Å². The van der Waals surface area contributed by atoms with Crippen LogP contribution in [-0.4, -0.2) is 13.1 Å². The second-order valence-electron chi connectivity index (χ2n) is 1.31. The molecule has 0 aliphatic heterocycles. The zero-order valence-electron chi connectivity index (χ0n) is 4.39. The minimum atomic E-state index is 0.778. The van der Waals surface area contributed by atoms with Gasteiger partial charge in [-0.1, -0.05) is 13.6 Å². The van der Waals surface area contributed by atoms with Gasteiger partial charge in [0.2, 0.25) is 5.99 Å². The van der Waals surface area contributed by atoms with E-state index in [9.17, 15) is 0 Å². The predicted octanol–water partition coefficient (Wildman–Crippen LogP) is 1.17. The van der Waals surface area contributed by atoms with Crippen molar-refractivity contribution in [3.05, 3.63) is 0 Å². The molecule has 0 aliphatic carbocycles. The maximum atomic E-state index is 2.20. The molecular formula is C2H8B2S2. The highest BCUT2D eigenvalue weighted by Gasteiger charge is 1.92. The van der Waals surface area contributed by atoms with Gasteiger partial charge in [0.25, 0.3) is 0 Å². The standard InChI is InChI=1S/C2H8B2S2/c1-4(2)6-5-3/h3H2,1-2H3. The van der Waals surface area contributed by atoms with Crippen LogP contribution in [0.1, 0.15) is 0 Å². The summed E-state index contributed by atoms with van der Waals surface area (Å²) in [5.41, 5.74) is 0. The molecule has 4 heteroatoms. The zero-order chi connectivity index (χ0) is 4.99. The molecule has 0 spiro atoms. The van der Waals surface area contributed by atoms with Gasteiger partial charge in [-0.05, 0) is 0 Å². The van der Waals surface area contributed by atoms with Crippen molar-refractivity contribution in [2.75, 3.05) is 0 Å². The Morgan fingerprint density at radius 2 is 2.00 bits per heavy atom. The van der Waals surface area contributed by atoms with Crippen LogP contribution >= 0.6 is 21.3 Å². The smallest absolute Gasteiger partial charge is 0.167 e. The van der Waals surface area contributed by atoms with Crippen LogP contribution in [0.25, 0.3) is 0 Å². The Balaban J connectivity index is 2.63. The zero-order valence-corrected chi connectivity index (χ0v) is 6.03. The largest absolute Gasteiger partial charge is 0.216 e. The Labute approximate surface area is 48.5 Å². The van der Waals surface area contributed by atoms with E-state index in [0.29, 0.717) is 0 Å². The summed E-state index contributed by atoms with van der Waals surface area (Å²) >= 11 is 0. The lowest BCUT2D eigenvalue weighted by Crippen LogP contribution is -1.86. The van der Waals surface area contributed by atoms with Crippen LogP contribution in [0.15, 0.2) is 0 Å². The van der Waals surface area contributed by atoms with E-state index < -0.39 is 0 Å². The van der Waals surface area contributed by atoms with Gasteiger partial charge in [-0.15, -0.1) is 0 Å². The Morgan fingerprint density at radius 1 is 1.50 bits per heavy atom. The molecular weight excluding hydrogens is 110 g/mol. The molecule has 6 heavy (non-hydrogen) atoms. The Hall–Kier alpha value is 0.830. The van der Waals surface area contributed by atoms with E-state index in [1.54, 1.807) is 0 Å². The molecule has 0 unspecified atom stereocenters. The molecule has 0 saturated heterocycles. The SMILES string of the molecule is BSSB(C)C. The van der Waals surface area contributed by atoms with Crippen molar-refractivity contribution < 1.29 is 0 Å². The summed E-state index contributed by atoms with van der Waals surface area (Å²) in [5, 5.41) is 0. The monoisotopic (exact) mass is 118 g/mol. The fourth-order valence-corrected chi connectivity index (χ4v) is 1.73. The van der Waals surface area contributed by atoms with Crippen molar-refractivity contribution in [3.8, 4) is 0 Å². The third kappa shape index (κ3) is 4.83. The van der Waals surface area contributed by atoms with Crippen molar-refractivity contribution >= 4 is 34.4 Å². The highest BCUT2D eigenvalue weighted by molar-refractivity contribution is 8.93. The lowest BCUT2D eigenvalue weighted by atomic mass is 9.84. The van der Waals surface area contributed by atoms with Crippen molar-refractivity contribution in [3.63, 3.8) is 0 Å². The molecule has 0 nitrogen and oxygen atoms in total. The normalized spacial score (nSPS) is 8.33. The summed E-state index contributed by atoms with van der Waals surface area (Å²) in [6, 6.07) is 0. The van der Waals surface area contributed by atoms with E-state index in [4.69, 9.17) is 0 Å². The second-order valence-corrected chi connectivity index (χ2v) is 4.36. The maximum Gasteiger partial charge on any atom is 0.216 e. The van der Waals surface area contributed by atoms with Crippen LogP contribution in [-0.2, 0) is 0 Å². The summed E-state index contributed by atoms with van der Waals surface area (Å²) in [5.74, 6) is 0.778. The van der Waals surface area contributed by atoms with E-state index in [1.165, 1.54) is 0 Å². The van der Waals surface area contributed by atoms with Gasteiger partial charge in [0.1, 0.15) is 0 Å². The van der Waals surface area contributed by atoms with Crippen LogP contribution in [0.4, 0.5) is 0 Å². The van der Waals surface area contributed by atoms with Gasteiger partial charge in [0.05, 0.1) is 0 Å². The first-order valence-electron chi connectivity index (χ1n) is 1.97. The van der Waals surface area contributed by atoms with Gasteiger partial charge in [0, 0.05) is 0 Å². The van der Waals surface area contributed by atoms with Gasteiger partial charge < -0.3 is 0 Å². The summed E-state index contributed by atoms with van der Waals surface area (Å²) in [6.45, 7) is 4.39. The van der Waals surface area contributed by atoms with Crippen molar-refractivity contribution in [1.29, 1.82) is 0 Å². The molecule has 0 heterocycles. The summed E-state index contributed by atoms with van der Waals surface area (Å²) < 4.78 is 0. The van der Waals surface area contributed by atoms with Crippen LogP contribution in [0.2, 0.25) is 13.6 Å². The number of hydrogen-bond donors (Lipinski definition) is 0. The quantitative estimate of drug-likeness (QED) is 0.394. The van der Waals surface area contributed by atoms with Gasteiger partial charge in [-0.2, -0.15) is 21.3 Å². The molecule has 0 fully saturated rings. The molecule has 0 aromatic heterocycles. The second kappa shape index (κ2) is 4.00. The summed E-state index contributed by atoms with van der Waals surface area (Å²) in [4.78, 5) is 0. The third-order valence-electron chi connectivity index (χ3n) is 0.289. The third-order valence-corrected chi connectivity index (χ3v) is 2.60. The van der Waals surface area contributed by atoms with Gasteiger partial charge in [-0.3, -0.25) is 0 Å². The minimum Gasteiger partial charge on any atom is -0.167 e. The Kier molecular flexibility index (Phi) is 4.55. The topological polar surface area (TPSA) is 0 Å². The van der Waals surface area contributed by atoms with E-state index in [2.05, 4.69) is 20.8 Å². The first kappa shape index (κ1) is 6.83. The Morgan fingerprint density at radius 3 is 2.00 bits per heavy atom. The molecule has 0 amide bonds. The van der Waals surface area contributed by atoms with Crippen LogP contribution in [0.5, 0.6) is 0 Å². The fraction of sp³-hybridized carbons (Fsp3) is 1.00. The van der Waals surface area contributed by atoms with Crippen LogP contribution in [0, 0.1) is 0 Å². The van der Waals surface area contributed by atoms with Crippen molar-refractivity contribution in [1.82, 2.24) is 0 Å². The molecule has 0 N–H and O–H groups in total. The van der Waals surface area contributed by atoms with Gasteiger partial charge >= 0.3 is 0 Å². The summed E-state index contributed by atoms with van der Waals surface area (Å²) in [6.07, 6.45) is 0. The minimum absolute atomic E-state index is 0.778. The maximum absolute atomic E-state index is 2.20.